The van der Waals surface area contributed by atoms with Crippen LogP contribution in [0.3, 0.4) is 0 Å². The second-order valence-corrected chi connectivity index (χ2v) is 4.70. The van der Waals surface area contributed by atoms with Crippen molar-refractivity contribution in [1.29, 1.82) is 0 Å². The molecule has 0 aliphatic carbocycles. The lowest BCUT2D eigenvalue weighted by Crippen LogP contribution is -2.30. The number of rotatable bonds is 2. The van der Waals surface area contributed by atoms with Crippen LogP contribution in [0, 0.1) is 0 Å². The quantitative estimate of drug-likeness (QED) is 0.794. The van der Waals surface area contributed by atoms with Gasteiger partial charge in [-0.05, 0) is 19.2 Å². The van der Waals surface area contributed by atoms with Gasteiger partial charge in [0, 0.05) is 31.6 Å². The number of H-pyrrole nitrogens is 1. The Balaban J connectivity index is 1.71. The first-order valence-corrected chi connectivity index (χ1v) is 6.26. The molecule has 0 unspecified atom stereocenters. The molecule has 5 nitrogen and oxygen atoms in total. The van der Waals surface area contributed by atoms with Gasteiger partial charge in [-0.25, -0.2) is 10.4 Å². The van der Waals surface area contributed by atoms with E-state index in [4.69, 9.17) is 0 Å². The summed E-state index contributed by atoms with van der Waals surface area (Å²) in [5.74, 6) is 0.711. The largest absolute Gasteiger partial charge is 0.323 e. The molecule has 2 N–H and O–H groups in total. The summed E-state index contributed by atoms with van der Waals surface area (Å²) >= 11 is 0. The molecule has 0 saturated carbocycles. The van der Waals surface area contributed by atoms with Gasteiger partial charge in [0.1, 0.15) is 0 Å². The van der Waals surface area contributed by atoms with Crippen molar-refractivity contribution >= 4 is 22.7 Å². The van der Waals surface area contributed by atoms with Gasteiger partial charge in [0.05, 0.1) is 11.0 Å². The van der Waals surface area contributed by atoms with E-state index in [1.165, 1.54) is 5.71 Å². The molecule has 3 rings (SSSR count). The van der Waals surface area contributed by atoms with Crippen LogP contribution in [0.1, 0.15) is 12.8 Å². The number of para-hydroxylation sites is 2. The van der Waals surface area contributed by atoms with Crippen molar-refractivity contribution in [2.24, 2.45) is 5.10 Å². The van der Waals surface area contributed by atoms with Crippen LogP contribution in [0.15, 0.2) is 29.4 Å². The smallest absolute Gasteiger partial charge is 0.222 e. The lowest BCUT2D eigenvalue weighted by Gasteiger charge is -2.22. The predicted octanol–water partition coefficient (Wildman–Crippen LogP) is 2.06. The zero-order chi connectivity index (χ0) is 12.4. The predicted molar refractivity (Wildman–Crippen MR) is 73.9 cm³/mol. The Hall–Kier alpha value is -1.88. The molecule has 0 bridgehead atoms. The van der Waals surface area contributed by atoms with E-state index in [9.17, 15) is 0 Å². The summed E-state index contributed by atoms with van der Waals surface area (Å²) in [6, 6.07) is 7.97. The van der Waals surface area contributed by atoms with Crippen molar-refractivity contribution in [1.82, 2.24) is 14.9 Å². The first-order valence-electron chi connectivity index (χ1n) is 6.26. The van der Waals surface area contributed by atoms with Gasteiger partial charge in [-0.1, -0.05) is 12.1 Å². The Labute approximate surface area is 106 Å². The molecule has 5 heteroatoms. The van der Waals surface area contributed by atoms with E-state index < -0.39 is 0 Å². The molecule has 2 aromatic rings. The molecule has 0 amide bonds. The van der Waals surface area contributed by atoms with Crippen LogP contribution < -0.4 is 5.43 Å². The molecule has 1 aromatic heterocycles. The molecule has 2 heterocycles. The van der Waals surface area contributed by atoms with Crippen LogP contribution in [-0.2, 0) is 0 Å². The first kappa shape index (κ1) is 11.2. The number of imidazole rings is 1. The summed E-state index contributed by atoms with van der Waals surface area (Å²) < 4.78 is 0. The van der Waals surface area contributed by atoms with Crippen molar-refractivity contribution in [3.05, 3.63) is 24.3 Å². The fourth-order valence-electron chi connectivity index (χ4n) is 2.13. The van der Waals surface area contributed by atoms with Crippen LogP contribution in [0.2, 0.25) is 0 Å². The number of hydrogen-bond donors (Lipinski definition) is 2. The highest BCUT2D eigenvalue weighted by molar-refractivity contribution is 5.86. The number of aromatic amines is 1. The van der Waals surface area contributed by atoms with Crippen LogP contribution in [-0.4, -0.2) is 40.7 Å². The number of nitrogens with zero attached hydrogens (tertiary/aromatic N) is 3. The van der Waals surface area contributed by atoms with Gasteiger partial charge in [-0.15, -0.1) is 0 Å². The molecule has 1 aromatic carbocycles. The third-order valence-electron chi connectivity index (χ3n) is 3.27. The van der Waals surface area contributed by atoms with E-state index in [1.807, 2.05) is 24.3 Å². The summed E-state index contributed by atoms with van der Waals surface area (Å²) in [5, 5.41) is 4.43. The SMILES string of the molecule is CN1CCC(=NNc2nc3ccccc3[nH]2)CC1. The number of hydrogen-bond acceptors (Lipinski definition) is 4. The van der Waals surface area contributed by atoms with Gasteiger partial charge in [0.15, 0.2) is 0 Å². The topological polar surface area (TPSA) is 56.3 Å². The molecule has 0 radical (unpaired) electrons. The maximum absolute atomic E-state index is 4.43. The average Bonchev–Trinajstić information content (AvgIpc) is 2.81. The molecular weight excluding hydrogens is 226 g/mol. The van der Waals surface area contributed by atoms with Crippen molar-refractivity contribution in [3.63, 3.8) is 0 Å². The fraction of sp³-hybridized carbons (Fsp3) is 0.385. The summed E-state index contributed by atoms with van der Waals surface area (Å²) in [6.45, 7) is 2.17. The van der Waals surface area contributed by atoms with Crippen LogP contribution in [0.25, 0.3) is 11.0 Å². The third kappa shape index (κ3) is 2.36. The molecule has 0 atom stereocenters. The number of piperidine rings is 1. The standard InChI is InChI=1S/C13H17N5/c1-18-8-6-10(7-9-18)16-17-13-14-11-4-2-3-5-12(11)15-13/h2-5H,6-9H2,1H3,(H2,14,15,17). The molecular formula is C13H17N5. The Bertz CT molecular complexity index is 529. The molecule has 94 valence electrons. The highest BCUT2D eigenvalue weighted by atomic mass is 15.4. The van der Waals surface area contributed by atoms with E-state index in [1.54, 1.807) is 0 Å². The minimum atomic E-state index is 0.711. The zero-order valence-electron chi connectivity index (χ0n) is 10.5. The summed E-state index contributed by atoms with van der Waals surface area (Å²) in [6.07, 6.45) is 2.06. The van der Waals surface area contributed by atoms with Crippen LogP contribution in [0.4, 0.5) is 5.95 Å². The monoisotopic (exact) mass is 243 g/mol. The van der Waals surface area contributed by atoms with Gasteiger partial charge >= 0.3 is 0 Å². The van der Waals surface area contributed by atoms with Gasteiger partial charge in [0.25, 0.3) is 0 Å². The van der Waals surface area contributed by atoms with E-state index in [0.717, 1.165) is 37.0 Å². The molecule has 1 aliphatic heterocycles. The maximum atomic E-state index is 4.43. The number of hydrazone groups is 1. The van der Waals surface area contributed by atoms with Crippen molar-refractivity contribution in [2.45, 2.75) is 12.8 Å². The number of benzene rings is 1. The van der Waals surface area contributed by atoms with Crippen molar-refractivity contribution in [2.75, 3.05) is 25.6 Å². The second kappa shape index (κ2) is 4.78. The number of anilines is 1. The first-order chi connectivity index (χ1) is 8.81. The van der Waals surface area contributed by atoms with E-state index in [-0.39, 0.29) is 0 Å². The molecule has 1 aliphatic rings. The van der Waals surface area contributed by atoms with Crippen LogP contribution in [0.5, 0.6) is 0 Å². The van der Waals surface area contributed by atoms with Gasteiger partial charge in [0.2, 0.25) is 5.95 Å². The molecule has 1 saturated heterocycles. The Morgan fingerprint density at radius 2 is 2.06 bits per heavy atom. The van der Waals surface area contributed by atoms with Crippen molar-refractivity contribution in [3.8, 4) is 0 Å². The summed E-state index contributed by atoms with van der Waals surface area (Å²) in [7, 11) is 2.14. The van der Waals surface area contributed by atoms with Crippen LogP contribution >= 0.6 is 0 Å². The number of aromatic nitrogens is 2. The molecule has 1 fully saturated rings. The highest BCUT2D eigenvalue weighted by Gasteiger charge is 2.11. The third-order valence-corrected chi connectivity index (χ3v) is 3.27. The summed E-state index contributed by atoms with van der Waals surface area (Å²) in [5.41, 5.74) is 6.23. The minimum Gasteiger partial charge on any atom is -0.323 e. The lowest BCUT2D eigenvalue weighted by atomic mass is 10.1. The Morgan fingerprint density at radius 1 is 1.28 bits per heavy atom. The van der Waals surface area contributed by atoms with E-state index >= 15 is 0 Å². The maximum Gasteiger partial charge on any atom is 0.222 e. The van der Waals surface area contributed by atoms with Gasteiger partial charge < -0.3 is 9.88 Å². The number of likely N-dealkylation sites (tertiary alicyclic amines) is 1. The van der Waals surface area contributed by atoms with E-state index in [2.05, 4.69) is 32.4 Å². The van der Waals surface area contributed by atoms with Crippen molar-refractivity contribution < 1.29 is 0 Å². The average molecular weight is 243 g/mol. The summed E-state index contributed by atoms with van der Waals surface area (Å²) in [4.78, 5) is 9.95. The van der Waals surface area contributed by atoms with E-state index in [0.29, 0.717) is 5.95 Å². The normalized spacial score (nSPS) is 17.1. The van der Waals surface area contributed by atoms with Gasteiger partial charge in [-0.2, -0.15) is 5.10 Å². The number of nitrogens with one attached hydrogen (secondary N) is 2. The Morgan fingerprint density at radius 3 is 2.83 bits per heavy atom. The molecule has 18 heavy (non-hydrogen) atoms. The number of fused-ring (bicyclic) bond motifs is 1. The second-order valence-electron chi connectivity index (χ2n) is 4.70. The fourth-order valence-corrected chi connectivity index (χ4v) is 2.13. The van der Waals surface area contributed by atoms with Gasteiger partial charge in [-0.3, -0.25) is 0 Å². The highest BCUT2D eigenvalue weighted by Crippen LogP contribution is 2.13. The zero-order valence-corrected chi connectivity index (χ0v) is 10.5. The minimum absolute atomic E-state index is 0.711. The molecule has 0 spiro atoms. The Kier molecular flexibility index (Phi) is 2.98. The lowest BCUT2D eigenvalue weighted by molar-refractivity contribution is 0.336.